The SMILES string of the molecule is O=C(CC(C[N+](=O)[O-])c1c(F)cccc1Cl)c1ccc(O)cc1. The monoisotopic (exact) mass is 337 g/mol. The third-order valence-electron chi connectivity index (χ3n) is 3.40. The molecule has 7 heteroatoms. The summed E-state index contributed by atoms with van der Waals surface area (Å²) >= 11 is 5.95. The summed E-state index contributed by atoms with van der Waals surface area (Å²) in [6.07, 6.45) is -0.258. The number of ketones is 1. The molecule has 2 aromatic rings. The molecule has 0 amide bonds. The molecule has 1 unspecified atom stereocenters. The summed E-state index contributed by atoms with van der Waals surface area (Å²) in [4.78, 5) is 22.5. The van der Waals surface area contributed by atoms with E-state index in [0.717, 1.165) is 6.07 Å². The molecule has 5 nitrogen and oxygen atoms in total. The van der Waals surface area contributed by atoms with E-state index in [1.54, 1.807) is 0 Å². The second-order valence-electron chi connectivity index (χ2n) is 5.02. The lowest BCUT2D eigenvalue weighted by Crippen LogP contribution is -2.18. The first-order valence-electron chi connectivity index (χ1n) is 6.76. The highest BCUT2D eigenvalue weighted by Crippen LogP contribution is 2.31. The van der Waals surface area contributed by atoms with Crippen LogP contribution in [-0.4, -0.2) is 22.4 Å². The Morgan fingerprint density at radius 1 is 1.26 bits per heavy atom. The summed E-state index contributed by atoms with van der Waals surface area (Å²) in [5.74, 6) is -2.04. The van der Waals surface area contributed by atoms with E-state index in [1.807, 2.05) is 0 Å². The van der Waals surface area contributed by atoms with Gasteiger partial charge in [-0.3, -0.25) is 14.9 Å². The Bertz CT molecular complexity index is 713. The van der Waals surface area contributed by atoms with Gasteiger partial charge in [0.05, 0.1) is 5.92 Å². The molecule has 0 fully saturated rings. The van der Waals surface area contributed by atoms with Crippen molar-refractivity contribution in [1.82, 2.24) is 0 Å². The van der Waals surface area contributed by atoms with Gasteiger partial charge >= 0.3 is 0 Å². The lowest BCUT2D eigenvalue weighted by molar-refractivity contribution is -0.483. The quantitative estimate of drug-likeness (QED) is 0.493. The summed E-state index contributed by atoms with van der Waals surface area (Å²) in [7, 11) is 0. The summed E-state index contributed by atoms with van der Waals surface area (Å²) in [6.45, 7) is -0.607. The number of Topliss-reactive ketones (excluding diaryl/α,β-unsaturated/α-hetero) is 1. The van der Waals surface area contributed by atoms with Crippen molar-refractivity contribution < 1.29 is 19.2 Å². The van der Waals surface area contributed by atoms with Crippen LogP contribution in [0.4, 0.5) is 4.39 Å². The van der Waals surface area contributed by atoms with Gasteiger partial charge < -0.3 is 5.11 Å². The molecule has 0 heterocycles. The summed E-state index contributed by atoms with van der Waals surface area (Å²) < 4.78 is 14.0. The first-order chi connectivity index (χ1) is 10.9. The van der Waals surface area contributed by atoms with Gasteiger partial charge in [-0.2, -0.15) is 0 Å². The van der Waals surface area contributed by atoms with Crippen LogP contribution in [0.3, 0.4) is 0 Å². The van der Waals surface area contributed by atoms with Crippen LogP contribution in [-0.2, 0) is 0 Å². The number of benzene rings is 2. The van der Waals surface area contributed by atoms with Gasteiger partial charge in [0.25, 0.3) is 0 Å². The van der Waals surface area contributed by atoms with Crippen LogP contribution < -0.4 is 0 Å². The Kier molecular flexibility index (Phi) is 5.28. The van der Waals surface area contributed by atoms with E-state index in [1.165, 1.54) is 36.4 Å². The van der Waals surface area contributed by atoms with Crippen molar-refractivity contribution in [2.75, 3.05) is 6.54 Å². The van der Waals surface area contributed by atoms with Gasteiger partial charge in [-0.15, -0.1) is 0 Å². The molecule has 0 saturated carbocycles. The molecule has 0 aliphatic carbocycles. The first kappa shape index (κ1) is 16.9. The molecular weight excluding hydrogens is 325 g/mol. The number of halogens is 2. The Balaban J connectivity index is 2.30. The van der Waals surface area contributed by atoms with Gasteiger partial charge in [0.15, 0.2) is 5.78 Å². The van der Waals surface area contributed by atoms with Gasteiger partial charge in [0, 0.05) is 27.5 Å². The fraction of sp³-hybridized carbons (Fsp3) is 0.188. The zero-order chi connectivity index (χ0) is 17.0. The summed E-state index contributed by atoms with van der Waals surface area (Å²) in [5, 5.41) is 20.1. The molecule has 1 atom stereocenters. The number of carbonyl (C=O) groups excluding carboxylic acids is 1. The van der Waals surface area contributed by atoms with Crippen LogP contribution in [0.1, 0.15) is 28.3 Å². The average Bonchev–Trinajstić information content (AvgIpc) is 2.46. The van der Waals surface area contributed by atoms with E-state index in [-0.39, 0.29) is 28.3 Å². The van der Waals surface area contributed by atoms with Crippen molar-refractivity contribution in [2.45, 2.75) is 12.3 Å². The highest BCUT2D eigenvalue weighted by molar-refractivity contribution is 6.31. The zero-order valence-electron chi connectivity index (χ0n) is 11.9. The second kappa shape index (κ2) is 7.19. The standard InChI is InChI=1S/C16H13ClFNO4/c17-13-2-1-3-14(18)16(13)11(9-19(22)23)8-15(21)10-4-6-12(20)7-5-10/h1-7,11,20H,8-9H2. The summed E-state index contributed by atoms with van der Waals surface area (Å²) in [6, 6.07) is 9.47. The second-order valence-corrected chi connectivity index (χ2v) is 5.43. The molecule has 0 saturated heterocycles. The van der Waals surface area contributed by atoms with Crippen molar-refractivity contribution in [3.63, 3.8) is 0 Å². The molecule has 1 N–H and O–H groups in total. The molecule has 0 aliphatic heterocycles. The van der Waals surface area contributed by atoms with E-state index in [4.69, 9.17) is 11.6 Å². The third-order valence-corrected chi connectivity index (χ3v) is 3.73. The number of nitro groups is 1. The highest BCUT2D eigenvalue weighted by atomic mass is 35.5. The Labute approximate surface area is 136 Å². The van der Waals surface area contributed by atoms with Crippen molar-refractivity contribution >= 4 is 17.4 Å². The number of hydrogen-bond donors (Lipinski definition) is 1. The lowest BCUT2D eigenvalue weighted by atomic mass is 9.91. The fourth-order valence-corrected chi connectivity index (χ4v) is 2.64. The number of hydrogen-bond acceptors (Lipinski definition) is 4. The molecule has 0 aromatic heterocycles. The number of phenolic OH excluding ortho intramolecular Hbond substituents is 1. The number of rotatable bonds is 6. The molecular formula is C16H13ClFNO4. The van der Waals surface area contributed by atoms with Crippen LogP contribution in [0.5, 0.6) is 5.75 Å². The normalized spacial score (nSPS) is 11.9. The van der Waals surface area contributed by atoms with Gasteiger partial charge in [0.2, 0.25) is 6.54 Å². The summed E-state index contributed by atoms with van der Waals surface area (Å²) in [5.41, 5.74) is 0.251. The van der Waals surface area contributed by atoms with Crippen molar-refractivity contribution in [3.05, 3.63) is 74.5 Å². The predicted molar refractivity (Wildman–Crippen MR) is 83.1 cm³/mol. The van der Waals surface area contributed by atoms with E-state index in [9.17, 15) is 24.4 Å². The maximum atomic E-state index is 14.0. The minimum Gasteiger partial charge on any atom is -0.508 e. The maximum Gasteiger partial charge on any atom is 0.211 e. The lowest BCUT2D eigenvalue weighted by Gasteiger charge is -2.15. The number of carbonyl (C=O) groups is 1. The van der Waals surface area contributed by atoms with E-state index in [2.05, 4.69) is 0 Å². The average molecular weight is 338 g/mol. The van der Waals surface area contributed by atoms with Crippen LogP contribution in [0.25, 0.3) is 0 Å². The van der Waals surface area contributed by atoms with E-state index >= 15 is 0 Å². The predicted octanol–water partition coefficient (Wildman–Crippen LogP) is 3.82. The largest absolute Gasteiger partial charge is 0.508 e. The van der Waals surface area contributed by atoms with Gasteiger partial charge in [-0.05, 0) is 36.4 Å². The third kappa shape index (κ3) is 4.26. The molecule has 0 spiro atoms. The topological polar surface area (TPSA) is 80.4 Å². The molecule has 0 bridgehead atoms. The minimum atomic E-state index is -0.972. The van der Waals surface area contributed by atoms with Gasteiger partial charge in [-0.25, -0.2) is 4.39 Å². The molecule has 0 radical (unpaired) electrons. The molecule has 120 valence electrons. The first-order valence-corrected chi connectivity index (χ1v) is 7.14. The number of aromatic hydroxyl groups is 1. The van der Waals surface area contributed by atoms with E-state index < -0.39 is 29.0 Å². The van der Waals surface area contributed by atoms with Crippen LogP contribution in [0, 0.1) is 15.9 Å². The number of phenols is 1. The number of nitrogens with zero attached hydrogens (tertiary/aromatic N) is 1. The highest BCUT2D eigenvalue weighted by Gasteiger charge is 2.27. The smallest absolute Gasteiger partial charge is 0.211 e. The zero-order valence-corrected chi connectivity index (χ0v) is 12.7. The van der Waals surface area contributed by atoms with E-state index in [0.29, 0.717) is 0 Å². The Morgan fingerprint density at radius 2 is 1.91 bits per heavy atom. The van der Waals surface area contributed by atoms with Crippen LogP contribution in [0.2, 0.25) is 5.02 Å². The van der Waals surface area contributed by atoms with Crippen molar-refractivity contribution in [3.8, 4) is 5.75 Å². The molecule has 2 rings (SSSR count). The Morgan fingerprint density at radius 3 is 2.48 bits per heavy atom. The van der Waals surface area contributed by atoms with Gasteiger partial charge in [0.1, 0.15) is 11.6 Å². The van der Waals surface area contributed by atoms with Crippen molar-refractivity contribution in [2.24, 2.45) is 0 Å². The van der Waals surface area contributed by atoms with Crippen LogP contribution in [0.15, 0.2) is 42.5 Å². The van der Waals surface area contributed by atoms with Crippen LogP contribution >= 0.6 is 11.6 Å². The van der Waals surface area contributed by atoms with Crippen molar-refractivity contribution in [1.29, 1.82) is 0 Å². The fourth-order valence-electron chi connectivity index (χ4n) is 2.33. The van der Waals surface area contributed by atoms with Gasteiger partial charge in [-0.1, -0.05) is 17.7 Å². The maximum absolute atomic E-state index is 14.0. The molecule has 0 aliphatic rings. The molecule has 23 heavy (non-hydrogen) atoms. The Hall–Kier alpha value is -2.47. The molecule has 2 aromatic carbocycles. The minimum absolute atomic E-state index is 0.000500.